The van der Waals surface area contributed by atoms with Gasteiger partial charge in [0.2, 0.25) is 0 Å². The maximum Gasteiger partial charge on any atom is 0.0416 e. The van der Waals surface area contributed by atoms with Crippen LogP contribution in [-0.4, -0.2) is 33.8 Å². The van der Waals surface area contributed by atoms with Crippen LogP contribution in [0, 0.1) is 0 Å². The molecule has 84 valence electrons. The molecule has 0 amide bonds. The smallest absolute Gasteiger partial charge is 0.0416 e. The van der Waals surface area contributed by atoms with Crippen molar-refractivity contribution in [1.29, 1.82) is 0 Å². The SMILES string of the molecule is CCS(=O)CCNCCc1ccccn1. The minimum Gasteiger partial charge on any atom is -0.315 e. The van der Waals surface area contributed by atoms with Gasteiger partial charge in [0.25, 0.3) is 0 Å². The average molecular weight is 226 g/mol. The second-order valence-corrected chi connectivity index (χ2v) is 5.12. The highest BCUT2D eigenvalue weighted by Gasteiger charge is 1.95. The number of nitrogens with zero attached hydrogens (tertiary/aromatic N) is 1. The molecule has 3 nitrogen and oxygen atoms in total. The van der Waals surface area contributed by atoms with Crippen molar-refractivity contribution in [1.82, 2.24) is 10.3 Å². The molecule has 1 atom stereocenters. The fourth-order valence-corrected chi connectivity index (χ4v) is 1.88. The molecule has 0 spiro atoms. The molecule has 0 bridgehead atoms. The molecule has 0 aliphatic carbocycles. The van der Waals surface area contributed by atoms with E-state index in [-0.39, 0.29) is 0 Å². The Morgan fingerprint density at radius 2 is 2.27 bits per heavy atom. The summed E-state index contributed by atoms with van der Waals surface area (Å²) in [5, 5.41) is 3.27. The van der Waals surface area contributed by atoms with Gasteiger partial charge in [-0.05, 0) is 12.1 Å². The third-order valence-corrected chi connectivity index (χ3v) is 3.42. The second kappa shape index (κ2) is 7.54. The third kappa shape index (κ3) is 5.64. The van der Waals surface area contributed by atoms with Crippen LogP contribution in [0.15, 0.2) is 24.4 Å². The average Bonchev–Trinajstić information content (AvgIpc) is 2.29. The summed E-state index contributed by atoms with van der Waals surface area (Å²) < 4.78 is 11.1. The molecular formula is C11H18N2OS. The second-order valence-electron chi connectivity index (χ2n) is 3.25. The van der Waals surface area contributed by atoms with Crippen molar-refractivity contribution >= 4 is 10.8 Å². The van der Waals surface area contributed by atoms with Gasteiger partial charge in [-0.2, -0.15) is 0 Å². The number of aromatic nitrogens is 1. The van der Waals surface area contributed by atoms with Gasteiger partial charge < -0.3 is 5.32 Å². The van der Waals surface area contributed by atoms with Gasteiger partial charge in [0.15, 0.2) is 0 Å². The van der Waals surface area contributed by atoms with Gasteiger partial charge in [0, 0.05) is 53.7 Å². The van der Waals surface area contributed by atoms with Crippen LogP contribution in [0.4, 0.5) is 0 Å². The van der Waals surface area contributed by atoms with E-state index in [2.05, 4.69) is 10.3 Å². The highest BCUT2D eigenvalue weighted by Crippen LogP contribution is 1.92. The fourth-order valence-electron chi connectivity index (χ4n) is 1.22. The molecule has 0 radical (unpaired) electrons. The Morgan fingerprint density at radius 1 is 1.40 bits per heavy atom. The van der Waals surface area contributed by atoms with E-state index in [4.69, 9.17) is 0 Å². The predicted molar refractivity (Wildman–Crippen MR) is 64.4 cm³/mol. The predicted octanol–water partition coefficient (Wildman–Crippen LogP) is 0.982. The van der Waals surface area contributed by atoms with Crippen molar-refractivity contribution in [2.45, 2.75) is 13.3 Å². The lowest BCUT2D eigenvalue weighted by atomic mass is 10.3. The molecule has 0 aromatic carbocycles. The molecule has 0 aliphatic heterocycles. The van der Waals surface area contributed by atoms with Crippen LogP contribution in [0.5, 0.6) is 0 Å². The first kappa shape index (κ1) is 12.3. The molecule has 0 aliphatic rings. The molecule has 15 heavy (non-hydrogen) atoms. The number of nitrogens with one attached hydrogen (secondary N) is 1. The minimum atomic E-state index is -0.653. The fraction of sp³-hybridized carbons (Fsp3) is 0.545. The van der Waals surface area contributed by atoms with Gasteiger partial charge in [0.05, 0.1) is 0 Å². The summed E-state index contributed by atoms with van der Waals surface area (Å²) in [4.78, 5) is 4.23. The maximum atomic E-state index is 11.1. The lowest BCUT2D eigenvalue weighted by Crippen LogP contribution is -2.23. The summed E-state index contributed by atoms with van der Waals surface area (Å²) in [5.41, 5.74) is 1.10. The maximum absolute atomic E-state index is 11.1. The first-order valence-corrected chi connectivity index (χ1v) is 6.77. The summed E-state index contributed by atoms with van der Waals surface area (Å²) in [7, 11) is -0.653. The summed E-state index contributed by atoms with van der Waals surface area (Å²) in [5.74, 6) is 1.50. The molecule has 1 aromatic heterocycles. The van der Waals surface area contributed by atoms with Gasteiger partial charge in [-0.3, -0.25) is 9.19 Å². The van der Waals surface area contributed by atoms with Crippen LogP contribution in [0.1, 0.15) is 12.6 Å². The minimum absolute atomic E-state index is 0.653. The van der Waals surface area contributed by atoms with Crippen LogP contribution in [0.25, 0.3) is 0 Å². The van der Waals surface area contributed by atoms with Crippen molar-refractivity contribution in [2.75, 3.05) is 24.6 Å². The number of hydrogen-bond acceptors (Lipinski definition) is 3. The summed E-state index contributed by atoms with van der Waals surface area (Å²) in [6, 6.07) is 5.93. The van der Waals surface area contributed by atoms with E-state index in [1.807, 2.05) is 31.3 Å². The molecule has 4 heteroatoms. The molecule has 1 aromatic rings. The van der Waals surface area contributed by atoms with Gasteiger partial charge in [-0.15, -0.1) is 0 Å². The summed E-state index contributed by atoms with van der Waals surface area (Å²) in [6.07, 6.45) is 2.74. The van der Waals surface area contributed by atoms with E-state index in [1.54, 1.807) is 0 Å². The normalized spacial score (nSPS) is 12.6. The zero-order chi connectivity index (χ0) is 10.9. The van der Waals surface area contributed by atoms with Crippen molar-refractivity contribution < 1.29 is 4.21 Å². The Hall–Kier alpha value is -0.740. The topological polar surface area (TPSA) is 42.0 Å². The van der Waals surface area contributed by atoms with Crippen LogP contribution in [-0.2, 0) is 17.2 Å². The monoisotopic (exact) mass is 226 g/mol. The Balaban J connectivity index is 2.05. The van der Waals surface area contributed by atoms with E-state index < -0.39 is 10.8 Å². The van der Waals surface area contributed by atoms with Gasteiger partial charge in [-0.1, -0.05) is 13.0 Å². The van der Waals surface area contributed by atoms with Gasteiger partial charge in [-0.25, -0.2) is 0 Å². The third-order valence-electron chi connectivity index (χ3n) is 2.11. The van der Waals surface area contributed by atoms with Crippen LogP contribution >= 0.6 is 0 Å². The van der Waals surface area contributed by atoms with E-state index in [1.165, 1.54) is 0 Å². The Kier molecular flexibility index (Phi) is 6.20. The first-order valence-electron chi connectivity index (χ1n) is 5.28. The quantitative estimate of drug-likeness (QED) is 0.705. The van der Waals surface area contributed by atoms with E-state index in [0.29, 0.717) is 0 Å². The van der Waals surface area contributed by atoms with Crippen molar-refractivity contribution in [3.8, 4) is 0 Å². The van der Waals surface area contributed by atoms with Crippen LogP contribution in [0.2, 0.25) is 0 Å². The Labute approximate surface area is 93.8 Å². The lowest BCUT2D eigenvalue weighted by Gasteiger charge is -2.03. The van der Waals surface area contributed by atoms with E-state index in [0.717, 1.165) is 36.7 Å². The number of pyridine rings is 1. The Bertz CT molecular complexity index is 290. The molecule has 0 saturated carbocycles. The highest BCUT2D eigenvalue weighted by molar-refractivity contribution is 7.84. The zero-order valence-corrected chi connectivity index (χ0v) is 9.93. The standard InChI is InChI=1S/C11H18N2OS/c1-2-15(14)10-9-12-8-6-11-5-3-4-7-13-11/h3-5,7,12H,2,6,8-10H2,1H3. The van der Waals surface area contributed by atoms with Crippen molar-refractivity contribution in [2.24, 2.45) is 0 Å². The van der Waals surface area contributed by atoms with Gasteiger partial charge in [0.1, 0.15) is 0 Å². The Morgan fingerprint density at radius 3 is 2.93 bits per heavy atom. The molecule has 0 fully saturated rings. The molecule has 1 heterocycles. The highest BCUT2D eigenvalue weighted by atomic mass is 32.2. The lowest BCUT2D eigenvalue weighted by molar-refractivity contribution is 0.671. The van der Waals surface area contributed by atoms with Crippen molar-refractivity contribution in [3.05, 3.63) is 30.1 Å². The zero-order valence-electron chi connectivity index (χ0n) is 9.11. The van der Waals surface area contributed by atoms with E-state index in [9.17, 15) is 4.21 Å². The molecule has 1 rings (SSSR count). The molecular weight excluding hydrogens is 208 g/mol. The number of rotatable bonds is 7. The number of hydrogen-bond donors (Lipinski definition) is 1. The largest absolute Gasteiger partial charge is 0.315 e. The molecule has 1 unspecified atom stereocenters. The van der Waals surface area contributed by atoms with E-state index >= 15 is 0 Å². The molecule has 0 saturated heterocycles. The van der Waals surface area contributed by atoms with Crippen LogP contribution < -0.4 is 5.32 Å². The van der Waals surface area contributed by atoms with Gasteiger partial charge >= 0.3 is 0 Å². The summed E-state index contributed by atoms with van der Waals surface area (Å²) in [6.45, 7) is 3.68. The molecule has 1 N–H and O–H groups in total. The first-order chi connectivity index (χ1) is 7.33. The van der Waals surface area contributed by atoms with Crippen molar-refractivity contribution in [3.63, 3.8) is 0 Å². The summed E-state index contributed by atoms with van der Waals surface area (Å²) >= 11 is 0. The van der Waals surface area contributed by atoms with Crippen LogP contribution in [0.3, 0.4) is 0 Å².